The van der Waals surface area contributed by atoms with E-state index in [2.05, 4.69) is 155 Å². The fourth-order valence-electron chi connectivity index (χ4n) is 7.07. The highest BCUT2D eigenvalue weighted by Crippen LogP contribution is 2.51. The number of thioether (sulfide) groups is 1. The number of para-hydroxylation sites is 1. The van der Waals surface area contributed by atoms with Crippen LogP contribution in [0.2, 0.25) is 0 Å². The highest BCUT2D eigenvalue weighted by atomic mass is 32.2. The number of fused-ring (bicyclic) bond motifs is 9. The van der Waals surface area contributed by atoms with E-state index in [0.717, 1.165) is 33.3 Å². The molecule has 0 aliphatic carbocycles. The SMILES string of the molecule is c1ccc(-c2ccc3oc4ccc5c(c4c3c2)NC(c2ccc(-n3c4ccccc4c4cc6ccccc6cc43)cc2)S5)cc1. The van der Waals surface area contributed by atoms with Crippen LogP contribution in [-0.2, 0) is 0 Å². The quantitative estimate of drug-likeness (QED) is 0.221. The summed E-state index contributed by atoms with van der Waals surface area (Å²) >= 11 is 1.87. The maximum atomic E-state index is 6.31. The van der Waals surface area contributed by atoms with Crippen molar-refractivity contribution < 1.29 is 4.42 Å². The predicted molar refractivity (Wildman–Crippen MR) is 190 cm³/mol. The highest BCUT2D eigenvalue weighted by Gasteiger charge is 2.27. The van der Waals surface area contributed by atoms with E-state index < -0.39 is 0 Å². The maximum absolute atomic E-state index is 6.31. The lowest BCUT2D eigenvalue weighted by atomic mass is 10.0. The summed E-state index contributed by atoms with van der Waals surface area (Å²) in [5.74, 6) is 0. The first-order valence-corrected chi connectivity index (χ1v) is 16.2. The second-order valence-electron chi connectivity index (χ2n) is 11.8. The van der Waals surface area contributed by atoms with E-state index in [1.54, 1.807) is 0 Å². The van der Waals surface area contributed by atoms with Gasteiger partial charge in [0.1, 0.15) is 16.5 Å². The summed E-state index contributed by atoms with van der Waals surface area (Å²) in [5, 5.41) is 11.4. The fourth-order valence-corrected chi connectivity index (χ4v) is 8.22. The molecule has 45 heavy (non-hydrogen) atoms. The van der Waals surface area contributed by atoms with Crippen molar-refractivity contribution in [2.75, 3.05) is 5.32 Å². The van der Waals surface area contributed by atoms with Gasteiger partial charge in [0.25, 0.3) is 0 Å². The predicted octanol–water partition coefficient (Wildman–Crippen LogP) is 11.7. The van der Waals surface area contributed by atoms with Gasteiger partial charge in [-0.2, -0.15) is 0 Å². The van der Waals surface area contributed by atoms with E-state index in [0.29, 0.717) is 0 Å². The molecule has 1 unspecified atom stereocenters. The number of benzene rings is 7. The molecule has 7 aromatic carbocycles. The zero-order valence-corrected chi connectivity index (χ0v) is 25.0. The lowest BCUT2D eigenvalue weighted by Crippen LogP contribution is -2.02. The van der Waals surface area contributed by atoms with Crippen molar-refractivity contribution in [3.8, 4) is 16.8 Å². The summed E-state index contributed by atoms with van der Waals surface area (Å²) in [6.07, 6.45) is 0. The molecule has 0 saturated heterocycles. The van der Waals surface area contributed by atoms with E-state index >= 15 is 0 Å². The molecular formula is C41H26N2OS. The number of nitrogens with zero attached hydrogens (tertiary/aromatic N) is 1. The molecule has 10 rings (SSSR count). The number of aromatic nitrogens is 1. The van der Waals surface area contributed by atoms with Crippen LogP contribution in [0.4, 0.5) is 5.69 Å². The summed E-state index contributed by atoms with van der Waals surface area (Å²) < 4.78 is 8.71. The van der Waals surface area contributed by atoms with Gasteiger partial charge in [0.15, 0.2) is 0 Å². The summed E-state index contributed by atoms with van der Waals surface area (Å²) in [7, 11) is 0. The van der Waals surface area contributed by atoms with E-state index in [1.165, 1.54) is 54.2 Å². The van der Waals surface area contributed by atoms with Gasteiger partial charge in [0, 0.05) is 26.7 Å². The third-order valence-electron chi connectivity index (χ3n) is 9.22. The van der Waals surface area contributed by atoms with Crippen LogP contribution in [0, 0.1) is 0 Å². The normalized spacial score (nSPS) is 14.5. The molecule has 0 fully saturated rings. The number of nitrogens with one attached hydrogen (secondary N) is 1. The minimum absolute atomic E-state index is 0.115. The Morgan fingerprint density at radius 1 is 0.556 bits per heavy atom. The highest BCUT2D eigenvalue weighted by molar-refractivity contribution is 8.00. The minimum Gasteiger partial charge on any atom is -0.456 e. The van der Waals surface area contributed by atoms with Crippen molar-refractivity contribution >= 4 is 72.0 Å². The molecule has 9 aromatic rings. The topological polar surface area (TPSA) is 30.1 Å². The summed E-state index contributed by atoms with van der Waals surface area (Å²) in [5.41, 5.74) is 10.2. The van der Waals surface area contributed by atoms with E-state index in [4.69, 9.17) is 4.42 Å². The van der Waals surface area contributed by atoms with Crippen molar-refractivity contribution in [2.45, 2.75) is 10.3 Å². The van der Waals surface area contributed by atoms with E-state index in [9.17, 15) is 0 Å². The third kappa shape index (κ3) is 3.79. The van der Waals surface area contributed by atoms with E-state index in [1.807, 2.05) is 11.8 Å². The van der Waals surface area contributed by atoms with Gasteiger partial charge in [0.05, 0.1) is 22.1 Å². The maximum Gasteiger partial charge on any atom is 0.137 e. The first kappa shape index (κ1) is 24.9. The number of hydrogen-bond donors (Lipinski definition) is 1. The molecule has 3 heterocycles. The minimum atomic E-state index is 0.115. The Balaban J connectivity index is 1.04. The largest absolute Gasteiger partial charge is 0.456 e. The van der Waals surface area contributed by atoms with Gasteiger partial charge >= 0.3 is 0 Å². The van der Waals surface area contributed by atoms with Gasteiger partial charge < -0.3 is 14.3 Å². The Kier molecular flexibility index (Phi) is 5.28. The van der Waals surface area contributed by atoms with Crippen LogP contribution in [0.3, 0.4) is 0 Å². The van der Waals surface area contributed by atoms with Gasteiger partial charge in [-0.15, -0.1) is 0 Å². The van der Waals surface area contributed by atoms with Crippen LogP contribution in [0.15, 0.2) is 155 Å². The van der Waals surface area contributed by atoms with Gasteiger partial charge in [-0.05, 0) is 82.1 Å². The van der Waals surface area contributed by atoms with Crippen LogP contribution >= 0.6 is 11.8 Å². The molecule has 2 aromatic heterocycles. The van der Waals surface area contributed by atoms with Gasteiger partial charge in [0.2, 0.25) is 0 Å². The van der Waals surface area contributed by atoms with Crippen molar-refractivity contribution in [1.29, 1.82) is 0 Å². The zero-order valence-electron chi connectivity index (χ0n) is 24.2. The molecule has 212 valence electrons. The Morgan fingerprint density at radius 3 is 2.18 bits per heavy atom. The molecule has 0 saturated carbocycles. The van der Waals surface area contributed by atoms with Crippen molar-refractivity contribution in [1.82, 2.24) is 4.57 Å². The summed E-state index contributed by atoms with van der Waals surface area (Å²) in [6.45, 7) is 0. The number of hydrogen-bond acceptors (Lipinski definition) is 3. The van der Waals surface area contributed by atoms with Crippen molar-refractivity contribution in [3.05, 3.63) is 151 Å². The van der Waals surface area contributed by atoms with Crippen molar-refractivity contribution in [3.63, 3.8) is 0 Å². The Bertz CT molecular complexity index is 2600. The second kappa shape index (κ2) is 9.52. The van der Waals surface area contributed by atoms with Gasteiger partial charge in [-0.25, -0.2) is 0 Å². The molecule has 0 radical (unpaired) electrons. The molecule has 0 amide bonds. The molecule has 1 aliphatic rings. The van der Waals surface area contributed by atoms with E-state index in [-0.39, 0.29) is 5.37 Å². The summed E-state index contributed by atoms with van der Waals surface area (Å²) in [6, 6.07) is 52.4. The number of anilines is 1. The first-order chi connectivity index (χ1) is 22.3. The standard InChI is InChI=1S/C41H26N2OS/c1-2-8-25(9-3-1)29-16-19-36-33(23-29)39-37(44-36)20-21-38-40(39)42-41(45-38)26-14-17-30(18-15-26)43-34-13-7-6-12-31(34)32-22-27-10-4-5-11-28(27)24-35(32)43/h1-24,41-42H. The van der Waals surface area contributed by atoms with Crippen LogP contribution in [-0.4, -0.2) is 4.57 Å². The van der Waals surface area contributed by atoms with Gasteiger partial charge in [-0.3, -0.25) is 0 Å². The lowest BCUT2D eigenvalue weighted by Gasteiger charge is -2.13. The summed E-state index contributed by atoms with van der Waals surface area (Å²) in [4.78, 5) is 1.25. The number of rotatable bonds is 3. The van der Waals surface area contributed by atoms with Crippen LogP contribution < -0.4 is 5.32 Å². The molecule has 1 aliphatic heterocycles. The second-order valence-corrected chi connectivity index (χ2v) is 12.9. The molecular weight excluding hydrogens is 569 g/mol. The monoisotopic (exact) mass is 594 g/mol. The molecule has 3 nitrogen and oxygen atoms in total. The Hall–Kier alpha value is -5.45. The molecule has 1 atom stereocenters. The molecule has 1 N–H and O–H groups in total. The average molecular weight is 595 g/mol. The van der Waals surface area contributed by atoms with Crippen LogP contribution in [0.5, 0.6) is 0 Å². The number of furan rings is 1. The third-order valence-corrected chi connectivity index (χ3v) is 10.4. The molecule has 0 spiro atoms. The van der Waals surface area contributed by atoms with Gasteiger partial charge in [-0.1, -0.05) is 103 Å². The lowest BCUT2D eigenvalue weighted by molar-refractivity contribution is 0.669. The average Bonchev–Trinajstić information content (AvgIpc) is 3.79. The molecule has 4 heteroatoms. The smallest absolute Gasteiger partial charge is 0.137 e. The molecule has 0 bridgehead atoms. The Morgan fingerprint density at radius 2 is 1.31 bits per heavy atom. The van der Waals surface area contributed by atoms with Crippen molar-refractivity contribution in [2.24, 2.45) is 0 Å². The Labute approximate surface area is 263 Å². The first-order valence-electron chi connectivity index (χ1n) is 15.3. The zero-order chi connectivity index (χ0) is 29.5. The fraction of sp³-hybridized carbons (Fsp3) is 0.0244. The van der Waals surface area contributed by atoms with Crippen LogP contribution in [0.25, 0.3) is 71.3 Å². The van der Waals surface area contributed by atoms with Crippen LogP contribution in [0.1, 0.15) is 10.9 Å².